The maximum Gasteiger partial charge on any atom is 0.0695 e. The van der Waals surface area contributed by atoms with Crippen molar-refractivity contribution in [2.75, 3.05) is 19.8 Å². The Morgan fingerprint density at radius 1 is 1.43 bits per heavy atom. The Morgan fingerprint density at radius 3 is 2.93 bits per heavy atom. The molecule has 2 aliphatic rings. The third-order valence-corrected chi connectivity index (χ3v) is 3.61. The van der Waals surface area contributed by atoms with Crippen molar-refractivity contribution < 1.29 is 9.84 Å². The van der Waals surface area contributed by atoms with Gasteiger partial charge in [0.2, 0.25) is 0 Å². The molecule has 82 valence electrons. The summed E-state index contributed by atoms with van der Waals surface area (Å²) in [6.45, 7) is 4.88. The summed E-state index contributed by atoms with van der Waals surface area (Å²) in [6.07, 6.45) is 4.36. The summed E-state index contributed by atoms with van der Waals surface area (Å²) in [7, 11) is 0. The lowest BCUT2D eigenvalue weighted by Crippen LogP contribution is -2.52. The van der Waals surface area contributed by atoms with E-state index in [4.69, 9.17) is 4.74 Å². The number of rotatable bonds is 2. The maximum absolute atomic E-state index is 9.87. The van der Waals surface area contributed by atoms with Crippen LogP contribution in [0, 0.1) is 0 Å². The molecule has 1 saturated carbocycles. The van der Waals surface area contributed by atoms with Gasteiger partial charge < -0.3 is 9.84 Å². The molecule has 0 bridgehead atoms. The molecule has 1 saturated heterocycles. The first-order chi connectivity index (χ1) is 6.83. The zero-order valence-corrected chi connectivity index (χ0v) is 8.98. The van der Waals surface area contributed by atoms with Gasteiger partial charge in [-0.2, -0.15) is 0 Å². The second-order valence-corrected chi connectivity index (χ2v) is 4.44. The molecule has 0 amide bonds. The Balaban J connectivity index is 1.99. The fourth-order valence-electron chi connectivity index (χ4n) is 2.76. The number of ether oxygens (including phenoxy) is 1. The Hall–Kier alpha value is -0.120. The highest BCUT2D eigenvalue weighted by atomic mass is 16.5. The van der Waals surface area contributed by atoms with Crippen LogP contribution in [-0.2, 0) is 4.74 Å². The van der Waals surface area contributed by atoms with E-state index in [0.29, 0.717) is 12.1 Å². The van der Waals surface area contributed by atoms with Crippen LogP contribution in [0.2, 0.25) is 0 Å². The minimum atomic E-state index is -0.0952. The summed E-state index contributed by atoms with van der Waals surface area (Å²) in [4.78, 5) is 2.47. The second-order valence-electron chi connectivity index (χ2n) is 4.44. The molecule has 1 unspecified atom stereocenters. The van der Waals surface area contributed by atoms with Crippen LogP contribution >= 0.6 is 0 Å². The molecule has 0 radical (unpaired) electrons. The van der Waals surface area contributed by atoms with E-state index < -0.39 is 0 Å². The number of nitrogens with zero attached hydrogens (tertiary/aromatic N) is 1. The average Bonchev–Trinajstić information content (AvgIpc) is 2.64. The SMILES string of the molecule is CCC1COCCN1[C@@H]1CCC[C@H]1O. The predicted molar refractivity (Wildman–Crippen MR) is 55.2 cm³/mol. The van der Waals surface area contributed by atoms with Crippen LogP contribution in [0.3, 0.4) is 0 Å². The van der Waals surface area contributed by atoms with E-state index in [-0.39, 0.29) is 6.10 Å². The molecule has 0 spiro atoms. The van der Waals surface area contributed by atoms with E-state index in [1.807, 2.05) is 0 Å². The number of hydrogen-bond acceptors (Lipinski definition) is 3. The minimum absolute atomic E-state index is 0.0952. The summed E-state index contributed by atoms with van der Waals surface area (Å²) < 4.78 is 5.47. The van der Waals surface area contributed by atoms with Crippen molar-refractivity contribution in [3.05, 3.63) is 0 Å². The quantitative estimate of drug-likeness (QED) is 0.720. The normalized spacial score (nSPS) is 40.3. The third-order valence-electron chi connectivity index (χ3n) is 3.61. The van der Waals surface area contributed by atoms with E-state index >= 15 is 0 Å². The molecule has 1 heterocycles. The zero-order chi connectivity index (χ0) is 9.97. The molecule has 2 rings (SSSR count). The lowest BCUT2D eigenvalue weighted by Gasteiger charge is -2.40. The number of hydrogen-bond donors (Lipinski definition) is 1. The summed E-state index contributed by atoms with van der Waals surface area (Å²) in [5.74, 6) is 0. The largest absolute Gasteiger partial charge is 0.391 e. The van der Waals surface area contributed by atoms with Gasteiger partial charge in [-0.15, -0.1) is 0 Å². The Morgan fingerprint density at radius 2 is 2.29 bits per heavy atom. The second kappa shape index (κ2) is 4.60. The van der Waals surface area contributed by atoms with Gasteiger partial charge >= 0.3 is 0 Å². The third kappa shape index (κ3) is 1.95. The molecule has 3 heteroatoms. The van der Waals surface area contributed by atoms with Gasteiger partial charge in [0, 0.05) is 18.6 Å². The van der Waals surface area contributed by atoms with E-state index in [0.717, 1.165) is 39.0 Å². The van der Waals surface area contributed by atoms with Crippen LogP contribution in [0.1, 0.15) is 32.6 Å². The van der Waals surface area contributed by atoms with Crippen molar-refractivity contribution in [1.29, 1.82) is 0 Å². The van der Waals surface area contributed by atoms with E-state index in [9.17, 15) is 5.11 Å². The van der Waals surface area contributed by atoms with Crippen molar-refractivity contribution in [2.24, 2.45) is 0 Å². The lowest BCUT2D eigenvalue weighted by molar-refractivity contribution is -0.0518. The van der Waals surface area contributed by atoms with Gasteiger partial charge in [-0.3, -0.25) is 4.90 Å². The van der Waals surface area contributed by atoms with Gasteiger partial charge in [0.1, 0.15) is 0 Å². The Kier molecular flexibility index (Phi) is 3.42. The highest BCUT2D eigenvalue weighted by Crippen LogP contribution is 2.27. The maximum atomic E-state index is 9.87. The zero-order valence-electron chi connectivity index (χ0n) is 8.98. The van der Waals surface area contributed by atoms with Crippen LogP contribution < -0.4 is 0 Å². The first-order valence-electron chi connectivity index (χ1n) is 5.84. The molecule has 0 aromatic heterocycles. The number of morpholine rings is 1. The number of aliphatic hydroxyl groups is 1. The Bertz CT molecular complexity index is 186. The smallest absolute Gasteiger partial charge is 0.0695 e. The molecule has 3 atom stereocenters. The van der Waals surface area contributed by atoms with Crippen molar-refractivity contribution >= 4 is 0 Å². The highest BCUT2D eigenvalue weighted by Gasteiger charge is 2.35. The van der Waals surface area contributed by atoms with Crippen LogP contribution in [-0.4, -0.2) is 48.0 Å². The molecule has 14 heavy (non-hydrogen) atoms. The van der Waals surface area contributed by atoms with Crippen molar-refractivity contribution in [2.45, 2.75) is 50.8 Å². The fourth-order valence-corrected chi connectivity index (χ4v) is 2.76. The summed E-state index contributed by atoms with van der Waals surface area (Å²) in [5, 5.41) is 9.87. The minimum Gasteiger partial charge on any atom is -0.391 e. The standard InChI is InChI=1S/C11H21NO2/c1-2-9-8-14-7-6-12(9)10-4-3-5-11(10)13/h9-11,13H,2-8H2,1H3/t9?,10-,11-/m1/s1. The van der Waals surface area contributed by atoms with E-state index in [2.05, 4.69) is 11.8 Å². The molecule has 1 aliphatic carbocycles. The average molecular weight is 199 g/mol. The molecule has 0 aromatic carbocycles. The molecule has 3 nitrogen and oxygen atoms in total. The molecular weight excluding hydrogens is 178 g/mol. The van der Waals surface area contributed by atoms with Crippen LogP contribution in [0.4, 0.5) is 0 Å². The topological polar surface area (TPSA) is 32.7 Å². The Labute approximate surface area is 86.0 Å². The molecule has 1 aliphatic heterocycles. The van der Waals surface area contributed by atoms with Crippen LogP contribution in [0.25, 0.3) is 0 Å². The molecule has 1 N–H and O–H groups in total. The van der Waals surface area contributed by atoms with Crippen molar-refractivity contribution in [3.8, 4) is 0 Å². The van der Waals surface area contributed by atoms with Gasteiger partial charge in [-0.05, 0) is 25.7 Å². The fraction of sp³-hybridized carbons (Fsp3) is 1.00. The van der Waals surface area contributed by atoms with Crippen molar-refractivity contribution in [1.82, 2.24) is 4.90 Å². The van der Waals surface area contributed by atoms with Crippen LogP contribution in [0.15, 0.2) is 0 Å². The predicted octanol–water partition coefficient (Wildman–Crippen LogP) is 1.01. The lowest BCUT2D eigenvalue weighted by atomic mass is 10.1. The monoisotopic (exact) mass is 199 g/mol. The first kappa shape index (κ1) is 10.4. The van der Waals surface area contributed by atoms with Gasteiger partial charge in [0.05, 0.1) is 19.3 Å². The summed E-state index contributed by atoms with van der Waals surface area (Å²) in [5.41, 5.74) is 0. The van der Waals surface area contributed by atoms with Crippen LogP contribution in [0.5, 0.6) is 0 Å². The molecular formula is C11H21NO2. The first-order valence-corrected chi connectivity index (χ1v) is 5.84. The highest BCUT2D eigenvalue weighted by molar-refractivity contribution is 4.89. The van der Waals surface area contributed by atoms with E-state index in [1.54, 1.807) is 0 Å². The van der Waals surface area contributed by atoms with E-state index in [1.165, 1.54) is 6.42 Å². The summed E-state index contributed by atoms with van der Waals surface area (Å²) in [6, 6.07) is 0.936. The van der Waals surface area contributed by atoms with Gasteiger partial charge in [-0.1, -0.05) is 6.92 Å². The molecule has 2 fully saturated rings. The van der Waals surface area contributed by atoms with Gasteiger partial charge in [0.15, 0.2) is 0 Å². The van der Waals surface area contributed by atoms with Gasteiger partial charge in [0.25, 0.3) is 0 Å². The number of aliphatic hydroxyl groups excluding tert-OH is 1. The summed E-state index contributed by atoms with van der Waals surface area (Å²) >= 11 is 0. The van der Waals surface area contributed by atoms with Gasteiger partial charge in [-0.25, -0.2) is 0 Å². The molecule has 0 aromatic rings. The van der Waals surface area contributed by atoms with Crippen molar-refractivity contribution in [3.63, 3.8) is 0 Å².